The SMILES string of the molecule is CNC(COC)c1nccc(NSC2CC2)c1F. The lowest BCUT2D eigenvalue weighted by molar-refractivity contribution is 0.167. The molecular weight excluding hydrogens is 253 g/mol. The number of likely N-dealkylation sites (N-methyl/N-ethyl adjacent to an activating group) is 1. The van der Waals surface area contributed by atoms with E-state index in [2.05, 4.69) is 15.0 Å². The number of nitrogens with zero attached hydrogens (tertiary/aromatic N) is 1. The Morgan fingerprint density at radius 2 is 2.39 bits per heavy atom. The quantitative estimate of drug-likeness (QED) is 0.745. The van der Waals surface area contributed by atoms with Crippen LogP contribution in [0.5, 0.6) is 0 Å². The molecule has 1 unspecified atom stereocenters. The number of halogens is 1. The van der Waals surface area contributed by atoms with Gasteiger partial charge in [-0.3, -0.25) is 4.98 Å². The van der Waals surface area contributed by atoms with Gasteiger partial charge in [0.2, 0.25) is 0 Å². The second-order valence-electron chi connectivity index (χ2n) is 4.27. The Balaban J connectivity index is 2.11. The number of pyridine rings is 1. The Bertz CT molecular complexity index is 401. The van der Waals surface area contributed by atoms with E-state index >= 15 is 0 Å². The van der Waals surface area contributed by atoms with Crippen LogP contribution in [0.25, 0.3) is 0 Å². The average Bonchev–Trinajstić information content (AvgIpc) is 3.19. The predicted octanol–water partition coefficient (Wildman–Crippen LogP) is 2.35. The van der Waals surface area contributed by atoms with E-state index < -0.39 is 0 Å². The molecule has 100 valence electrons. The molecular formula is C12H18FN3OS. The van der Waals surface area contributed by atoms with Crippen molar-refractivity contribution in [2.75, 3.05) is 25.5 Å². The summed E-state index contributed by atoms with van der Waals surface area (Å²) in [5, 5.41) is 3.63. The van der Waals surface area contributed by atoms with Crippen LogP contribution in [0, 0.1) is 5.82 Å². The minimum atomic E-state index is -0.304. The van der Waals surface area contributed by atoms with Crippen molar-refractivity contribution in [3.05, 3.63) is 23.8 Å². The van der Waals surface area contributed by atoms with Crippen LogP contribution in [0.1, 0.15) is 24.6 Å². The van der Waals surface area contributed by atoms with Crippen molar-refractivity contribution in [1.82, 2.24) is 10.3 Å². The third-order valence-corrected chi connectivity index (χ3v) is 3.93. The first-order valence-corrected chi connectivity index (χ1v) is 6.86. The van der Waals surface area contributed by atoms with E-state index in [4.69, 9.17) is 4.74 Å². The summed E-state index contributed by atoms with van der Waals surface area (Å²) in [5.74, 6) is -0.304. The topological polar surface area (TPSA) is 46.2 Å². The average molecular weight is 271 g/mol. The minimum absolute atomic E-state index is 0.234. The van der Waals surface area contributed by atoms with Crippen molar-refractivity contribution >= 4 is 17.6 Å². The van der Waals surface area contributed by atoms with Crippen LogP contribution >= 0.6 is 11.9 Å². The molecule has 1 aliphatic carbocycles. The number of anilines is 1. The normalized spacial score (nSPS) is 16.6. The molecule has 0 aromatic carbocycles. The molecule has 0 saturated heterocycles. The first kappa shape index (κ1) is 13.6. The van der Waals surface area contributed by atoms with Crippen LogP contribution in [0.3, 0.4) is 0 Å². The van der Waals surface area contributed by atoms with Crippen molar-refractivity contribution in [2.24, 2.45) is 0 Å². The monoisotopic (exact) mass is 271 g/mol. The number of hydrogen-bond acceptors (Lipinski definition) is 5. The first-order valence-electron chi connectivity index (χ1n) is 5.98. The predicted molar refractivity (Wildman–Crippen MR) is 72.1 cm³/mol. The number of ether oxygens (including phenoxy) is 1. The largest absolute Gasteiger partial charge is 0.383 e. The lowest BCUT2D eigenvalue weighted by Crippen LogP contribution is -2.23. The van der Waals surface area contributed by atoms with E-state index in [1.54, 1.807) is 38.4 Å². The van der Waals surface area contributed by atoms with Gasteiger partial charge >= 0.3 is 0 Å². The molecule has 1 aliphatic rings. The van der Waals surface area contributed by atoms with Gasteiger partial charge in [-0.1, -0.05) is 0 Å². The Morgan fingerprint density at radius 3 is 3.00 bits per heavy atom. The summed E-state index contributed by atoms with van der Waals surface area (Å²) in [6.45, 7) is 0.389. The summed E-state index contributed by atoms with van der Waals surface area (Å²) in [7, 11) is 3.36. The van der Waals surface area contributed by atoms with Crippen LogP contribution in [0.4, 0.5) is 10.1 Å². The summed E-state index contributed by atoms with van der Waals surface area (Å²) >= 11 is 1.58. The summed E-state index contributed by atoms with van der Waals surface area (Å²) in [4.78, 5) is 4.10. The Hall–Kier alpha value is -0.850. The first-order chi connectivity index (χ1) is 8.76. The van der Waals surface area contributed by atoms with Crippen molar-refractivity contribution in [3.8, 4) is 0 Å². The smallest absolute Gasteiger partial charge is 0.170 e. The van der Waals surface area contributed by atoms with Crippen molar-refractivity contribution in [1.29, 1.82) is 0 Å². The van der Waals surface area contributed by atoms with Gasteiger partial charge in [-0.15, -0.1) is 0 Å². The van der Waals surface area contributed by atoms with Gasteiger partial charge in [0.1, 0.15) is 0 Å². The molecule has 0 aliphatic heterocycles. The van der Waals surface area contributed by atoms with Crippen LogP contribution in [0.15, 0.2) is 12.3 Å². The maximum Gasteiger partial charge on any atom is 0.170 e. The minimum Gasteiger partial charge on any atom is -0.383 e. The number of methoxy groups -OCH3 is 1. The van der Waals surface area contributed by atoms with Gasteiger partial charge in [0.25, 0.3) is 0 Å². The molecule has 1 fully saturated rings. The lowest BCUT2D eigenvalue weighted by atomic mass is 10.2. The fourth-order valence-corrected chi connectivity index (χ4v) is 2.40. The molecule has 2 N–H and O–H groups in total. The highest BCUT2D eigenvalue weighted by atomic mass is 32.2. The molecule has 0 radical (unpaired) electrons. The van der Waals surface area contributed by atoms with Crippen LogP contribution in [-0.4, -0.2) is 31.0 Å². The molecule has 1 atom stereocenters. The number of hydrogen-bond donors (Lipinski definition) is 2. The molecule has 1 heterocycles. The molecule has 2 rings (SSSR count). The highest BCUT2D eigenvalue weighted by Gasteiger charge is 2.23. The lowest BCUT2D eigenvalue weighted by Gasteiger charge is -2.16. The summed E-state index contributed by atoms with van der Waals surface area (Å²) in [5.41, 5.74) is 0.883. The van der Waals surface area contributed by atoms with Gasteiger partial charge < -0.3 is 14.8 Å². The van der Waals surface area contributed by atoms with Gasteiger partial charge in [-0.2, -0.15) is 0 Å². The molecule has 0 bridgehead atoms. The van der Waals surface area contributed by atoms with Gasteiger partial charge in [0.15, 0.2) is 5.82 Å². The molecule has 6 heteroatoms. The summed E-state index contributed by atoms with van der Waals surface area (Å²) < 4.78 is 22.4. The van der Waals surface area contributed by atoms with Crippen molar-refractivity contribution in [2.45, 2.75) is 24.1 Å². The Morgan fingerprint density at radius 1 is 1.61 bits per heavy atom. The van der Waals surface area contributed by atoms with E-state index in [0.29, 0.717) is 23.2 Å². The van der Waals surface area contributed by atoms with Gasteiger partial charge in [0, 0.05) is 18.6 Å². The molecule has 18 heavy (non-hydrogen) atoms. The molecule has 0 spiro atoms. The zero-order valence-electron chi connectivity index (χ0n) is 10.6. The van der Waals surface area contributed by atoms with Crippen molar-refractivity contribution < 1.29 is 9.13 Å². The fourth-order valence-electron chi connectivity index (χ4n) is 1.58. The molecule has 1 aromatic heterocycles. The number of rotatable bonds is 7. The molecule has 1 aromatic rings. The second kappa shape index (κ2) is 6.36. The number of nitrogens with one attached hydrogen (secondary N) is 2. The maximum atomic E-state index is 14.3. The molecule has 0 amide bonds. The van der Waals surface area contributed by atoms with E-state index in [0.717, 1.165) is 0 Å². The summed E-state index contributed by atoms with van der Waals surface area (Å²) in [6.07, 6.45) is 4.04. The highest BCUT2D eigenvalue weighted by Crippen LogP contribution is 2.35. The second-order valence-corrected chi connectivity index (χ2v) is 5.38. The van der Waals surface area contributed by atoms with Crippen LogP contribution in [0.2, 0.25) is 0 Å². The standard InChI is InChI=1S/C12H18FN3OS/c1-14-10(7-17-2)12-11(13)9(5-6-15-12)16-18-8-3-4-8/h5-6,8,10,14H,3-4,7H2,1-2H3,(H,15,16). The van der Waals surface area contributed by atoms with E-state index in [1.807, 2.05) is 0 Å². The molecule has 1 saturated carbocycles. The summed E-state index contributed by atoms with van der Waals surface area (Å²) in [6, 6.07) is 1.43. The Labute approximate surface area is 111 Å². The van der Waals surface area contributed by atoms with E-state index in [-0.39, 0.29) is 11.9 Å². The fraction of sp³-hybridized carbons (Fsp3) is 0.583. The molecule has 4 nitrogen and oxygen atoms in total. The zero-order chi connectivity index (χ0) is 13.0. The third-order valence-electron chi connectivity index (χ3n) is 2.79. The maximum absolute atomic E-state index is 14.3. The van der Waals surface area contributed by atoms with E-state index in [9.17, 15) is 4.39 Å². The number of aromatic nitrogens is 1. The van der Waals surface area contributed by atoms with Gasteiger partial charge in [-0.05, 0) is 37.9 Å². The van der Waals surface area contributed by atoms with Crippen molar-refractivity contribution in [3.63, 3.8) is 0 Å². The van der Waals surface area contributed by atoms with Gasteiger partial charge in [-0.25, -0.2) is 4.39 Å². The van der Waals surface area contributed by atoms with E-state index in [1.165, 1.54) is 12.8 Å². The zero-order valence-corrected chi connectivity index (χ0v) is 11.4. The van der Waals surface area contributed by atoms with Gasteiger partial charge in [0.05, 0.1) is 24.0 Å². The van der Waals surface area contributed by atoms with Crippen LogP contribution in [-0.2, 0) is 4.74 Å². The Kier molecular flexibility index (Phi) is 4.79. The highest BCUT2D eigenvalue weighted by molar-refractivity contribution is 8.01. The third kappa shape index (κ3) is 3.34. The van der Waals surface area contributed by atoms with Crippen LogP contribution < -0.4 is 10.0 Å².